The Bertz CT molecular complexity index is 736. The van der Waals surface area contributed by atoms with Crippen molar-refractivity contribution >= 4 is 23.1 Å². The van der Waals surface area contributed by atoms with Crippen LogP contribution in [0.25, 0.3) is 5.69 Å². The zero-order valence-corrected chi connectivity index (χ0v) is 11.9. The van der Waals surface area contributed by atoms with E-state index in [2.05, 4.69) is 15.6 Å². The number of nitrogens with zero attached hydrogens (tertiary/aromatic N) is 3. The van der Waals surface area contributed by atoms with Gasteiger partial charge in [0, 0.05) is 4.88 Å². The molecule has 0 unspecified atom stereocenters. The third kappa shape index (κ3) is 2.77. The first-order chi connectivity index (χ1) is 10.3. The molecule has 3 rings (SSSR count). The summed E-state index contributed by atoms with van der Waals surface area (Å²) in [5.41, 5.74) is 6.86. The highest BCUT2D eigenvalue weighted by molar-refractivity contribution is 7.09. The number of nitrogens with one attached hydrogen (secondary N) is 1. The monoisotopic (exact) mass is 299 g/mol. The summed E-state index contributed by atoms with van der Waals surface area (Å²) < 4.78 is 1.44. The fraction of sp³-hybridized carbons (Fsp3) is 0.0714. The van der Waals surface area contributed by atoms with Gasteiger partial charge in [-0.05, 0) is 23.6 Å². The van der Waals surface area contributed by atoms with E-state index < -0.39 is 0 Å². The van der Waals surface area contributed by atoms with Crippen LogP contribution >= 0.6 is 11.3 Å². The number of nitrogen functional groups attached to an aromatic ring is 1. The first-order valence-corrected chi connectivity index (χ1v) is 7.21. The van der Waals surface area contributed by atoms with E-state index in [9.17, 15) is 4.79 Å². The summed E-state index contributed by atoms with van der Waals surface area (Å²) in [6.07, 6.45) is 0. The van der Waals surface area contributed by atoms with Crippen LogP contribution in [-0.4, -0.2) is 20.9 Å². The molecular formula is C14H13N5OS. The Morgan fingerprint density at radius 3 is 2.76 bits per heavy atom. The zero-order valence-electron chi connectivity index (χ0n) is 11.1. The second kappa shape index (κ2) is 5.76. The number of aromatic nitrogens is 3. The van der Waals surface area contributed by atoms with Crippen molar-refractivity contribution in [2.45, 2.75) is 6.54 Å². The van der Waals surface area contributed by atoms with Crippen molar-refractivity contribution in [2.75, 3.05) is 5.73 Å². The number of benzene rings is 1. The normalized spacial score (nSPS) is 10.5. The van der Waals surface area contributed by atoms with Crippen molar-refractivity contribution in [2.24, 2.45) is 0 Å². The Kier molecular flexibility index (Phi) is 3.65. The van der Waals surface area contributed by atoms with Crippen LogP contribution in [0.4, 0.5) is 5.82 Å². The van der Waals surface area contributed by atoms with Crippen LogP contribution in [0.5, 0.6) is 0 Å². The SMILES string of the molecule is Nc1c(C(=O)NCc2cccs2)nnn1-c1ccccc1. The van der Waals surface area contributed by atoms with Gasteiger partial charge in [-0.1, -0.05) is 29.5 Å². The summed E-state index contributed by atoms with van der Waals surface area (Å²) in [6.45, 7) is 0.453. The van der Waals surface area contributed by atoms with Crippen molar-refractivity contribution in [1.82, 2.24) is 20.3 Å². The van der Waals surface area contributed by atoms with Crippen LogP contribution in [0.2, 0.25) is 0 Å². The number of carbonyl (C=O) groups is 1. The first kappa shape index (κ1) is 13.3. The molecule has 1 aromatic carbocycles. The van der Waals surface area contributed by atoms with Gasteiger partial charge in [0.1, 0.15) is 0 Å². The second-order valence-corrected chi connectivity index (χ2v) is 5.36. The van der Waals surface area contributed by atoms with Gasteiger partial charge in [0.05, 0.1) is 12.2 Å². The third-order valence-corrected chi connectivity index (χ3v) is 3.80. The number of hydrogen-bond donors (Lipinski definition) is 2. The fourth-order valence-corrected chi connectivity index (χ4v) is 2.52. The Morgan fingerprint density at radius 1 is 1.24 bits per heavy atom. The van der Waals surface area contributed by atoms with Crippen molar-refractivity contribution in [1.29, 1.82) is 0 Å². The van der Waals surface area contributed by atoms with Gasteiger partial charge in [-0.25, -0.2) is 0 Å². The quantitative estimate of drug-likeness (QED) is 0.769. The van der Waals surface area contributed by atoms with Gasteiger partial charge in [-0.3, -0.25) is 4.79 Å². The molecule has 0 aliphatic heterocycles. The summed E-state index contributed by atoms with van der Waals surface area (Å²) >= 11 is 1.58. The minimum atomic E-state index is -0.330. The highest BCUT2D eigenvalue weighted by atomic mass is 32.1. The molecule has 0 aliphatic rings. The predicted octanol–water partition coefficient (Wildman–Crippen LogP) is 1.84. The molecular weight excluding hydrogens is 286 g/mol. The third-order valence-electron chi connectivity index (χ3n) is 2.92. The number of carbonyl (C=O) groups excluding carboxylic acids is 1. The minimum absolute atomic E-state index is 0.135. The van der Waals surface area contributed by atoms with Gasteiger partial charge in [-0.15, -0.1) is 16.4 Å². The molecule has 0 aliphatic carbocycles. The highest BCUT2D eigenvalue weighted by Crippen LogP contribution is 2.15. The number of nitrogens with two attached hydrogens (primary N) is 1. The molecule has 0 bridgehead atoms. The molecule has 2 heterocycles. The summed E-state index contributed by atoms with van der Waals surface area (Å²) in [7, 11) is 0. The van der Waals surface area contributed by atoms with Gasteiger partial charge in [0.15, 0.2) is 11.5 Å². The lowest BCUT2D eigenvalue weighted by molar-refractivity contribution is 0.0947. The summed E-state index contributed by atoms with van der Waals surface area (Å²) in [6, 6.07) is 13.2. The number of hydrogen-bond acceptors (Lipinski definition) is 5. The lowest BCUT2D eigenvalue weighted by atomic mass is 10.3. The van der Waals surface area contributed by atoms with Gasteiger partial charge < -0.3 is 11.1 Å². The smallest absolute Gasteiger partial charge is 0.276 e. The predicted molar refractivity (Wildman–Crippen MR) is 81.3 cm³/mol. The van der Waals surface area contributed by atoms with E-state index in [1.54, 1.807) is 11.3 Å². The molecule has 0 fully saturated rings. The van der Waals surface area contributed by atoms with Crippen LogP contribution in [0, 0.1) is 0 Å². The molecule has 0 saturated carbocycles. The van der Waals surface area contributed by atoms with E-state index in [0.717, 1.165) is 10.6 Å². The summed E-state index contributed by atoms with van der Waals surface area (Å²) in [5, 5.41) is 12.5. The van der Waals surface area contributed by atoms with Crippen LogP contribution < -0.4 is 11.1 Å². The van der Waals surface area contributed by atoms with Crippen LogP contribution in [0.15, 0.2) is 47.8 Å². The number of rotatable bonds is 4. The molecule has 0 atom stereocenters. The molecule has 106 valence electrons. The Balaban J connectivity index is 1.77. The maximum Gasteiger partial charge on any atom is 0.276 e. The Labute approximate surface area is 125 Å². The molecule has 3 aromatic rings. The van der Waals surface area contributed by atoms with Crippen molar-refractivity contribution in [3.63, 3.8) is 0 Å². The van der Waals surface area contributed by atoms with E-state index in [1.165, 1.54) is 4.68 Å². The van der Waals surface area contributed by atoms with E-state index >= 15 is 0 Å². The molecule has 3 N–H and O–H groups in total. The Morgan fingerprint density at radius 2 is 2.05 bits per heavy atom. The number of para-hydroxylation sites is 1. The van der Waals surface area contributed by atoms with Crippen LogP contribution in [-0.2, 0) is 6.54 Å². The minimum Gasteiger partial charge on any atom is -0.382 e. The second-order valence-electron chi connectivity index (χ2n) is 4.33. The largest absolute Gasteiger partial charge is 0.382 e. The van der Waals surface area contributed by atoms with Gasteiger partial charge in [0.25, 0.3) is 5.91 Å². The van der Waals surface area contributed by atoms with Crippen molar-refractivity contribution in [3.8, 4) is 5.69 Å². The lowest BCUT2D eigenvalue weighted by Crippen LogP contribution is -2.23. The summed E-state index contributed by atoms with van der Waals surface area (Å²) in [5.74, 6) is -0.104. The molecule has 1 amide bonds. The maximum absolute atomic E-state index is 12.1. The van der Waals surface area contributed by atoms with Gasteiger partial charge in [0.2, 0.25) is 0 Å². The Hall–Kier alpha value is -2.67. The molecule has 2 aromatic heterocycles. The molecule has 0 radical (unpaired) electrons. The van der Waals surface area contributed by atoms with Gasteiger partial charge >= 0.3 is 0 Å². The van der Waals surface area contributed by atoms with E-state index in [4.69, 9.17) is 5.73 Å². The lowest BCUT2D eigenvalue weighted by Gasteiger charge is -2.03. The number of thiophene rings is 1. The van der Waals surface area contributed by atoms with Gasteiger partial charge in [-0.2, -0.15) is 4.68 Å². The molecule has 7 heteroatoms. The fourth-order valence-electron chi connectivity index (χ4n) is 1.88. The molecule has 0 saturated heterocycles. The van der Waals surface area contributed by atoms with Crippen LogP contribution in [0.3, 0.4) is 0 Å². The van der Waals surface area contributed by atoms with E-state index in [0.29, 0.717) is 6.54 Å². The van der Waals surface area contributed by atoms with Crippen molar-refractivity contribution < 1.29 is 4.79 Å². The molecule has 21 heavy (non-hydrogen) atoms. The zero-order chi connectivity index (χ0) is 14.7. The molecule has 6 nitrogen and oxygen atoms in total. The van der Waals surface area contributed by atoms with E-state index in [-0.39, 0.29) is 17.4 Å². The highest BCUT2D eigenvalue weighted by Gasteiger charge is 2.17. The van der Waals surface area contributed by atoms with Crippen molar-refractivity contribution in [3.05, 3.63) is 58.4 Å². The topological polar surface area (TPSA) is 85.8 Å². The standard InChI is InChI=1S/C14H13N5OS/c15-13-12(14(20)16-9-11-7-4-8-21-11)17-18-19(13)10-5-2-1-3-6-10/h1-8H,9,15H2,(H,16,20). The van der Waals surface area contributed by atoms with E-state index in [1.807, 2.05) is 47.8 Å². The average molecular weight is 299 g/mol. The number of anilines is 1. The average Bonchev–Trinajstić information content (AvgIpc) is 3.15. The molecule has 0 spiro atoms. The number of amides is 1. The first-order valence-electron chi connectivity index (χ1n) is 6.33. The maximum atomic E-state index is 12.1. The summed E-state index contributed by atoms with van der Waals surface area (Å²) in [4.78, 5) is 13.2. The van der Waals surface area contributed by atoms with Crippen LogP contribution in [0.1, 0.15) is 15.4 Å².